The van der Waals surface area contributed by atoms with E-state index in [-0.39, 0.29) is 6.04 Å². The van der Waals surface area contributed by atoms with Crippen molar-refractivity contribution in [3.63, 3.8) is 0 Å². The monoisotopic (exact) mass is 215 g/mol. The van der Waals surface area contributed by atoms with Gasteiger partial charge >= 0.3 is 0 Å². The zero-order valence-corrected chi connectivity index (χ0v) is 9.27. The van der Waals surface area contributed by atoms with Crippen LogP contribution in [0.5, 0.6) is 0 Å². The average Bonchev–Trinajstić information content (AvgIpc) is 2.58. The van der Waals surface area contributed by atoms with Gasteiger partial charge in [0.15, 0.2) is 0 Å². The third kappa shape index (κ3) is 3.13. The summed E-state index contributed by atoms with van der Waals surface area (Å²) in [4.78, 5) is 0. The summed E-state index contributed by atoms with van der Waals surface area (Å²) in [6.45, 7) is 2.55. The molecule has 4 N–H and O–H groups in total. The van der Waals surface area contributed by atoms with Gasteiger partial charge in [0.05, 0.1) is 0 Å². The summed E-state index contributed by atoms with van der Waals surface area (Å²) in [6, 6.07) is 0.518. The number of rotatable bonds is 3. The number of nitrogens with one attached hydrogen (secondary N) is 2. The molecule has 3 atom stereocenters. The summed E-state index contributed by atoms with van der Waals surface area (Å²) in [5.41, 5.74) is 4.69. The second-order valence-corrected chi connectivity index (χ2v) is 5.08. The molecule has 1 heterocycles. The van der Waals surface area contributed by atoms with E-state index < -0.39 is 5.67 Å². The van der Waals surface area contributed by atoms with Gasteiger partial charge in [-0.1, -0.05) is 0 Å². The average molecular weight is 215 g/mol. The van der Waals surface area contributed by atoms with E-state index in [4.69, 9.17) is 5.73 Å². The Morgan fingerprint density at radius 2 is 2.33 bits per heavy atom. The number of alkyl halides is 1. The summed E-state index contributed by atoms with van der Waals surface area (Å²) in [7, 11) is 0. The van der Waals surface area contributed by atoms with Crippen LogP contribution >= 0.6 is 0 Å². The molecule has 4 heteroatoms. The number of hydrogen-bond donors (Lipinski definition) is 3. The molecule has 0 aromatic carbocycles. The maximum atomic E-state index is 14.2. The van der Waals surface area contributed by atoms with Gasteiger partial charge in [-0.3, -0.25) is 0 Å². The summed E-state index contributed by atoms with van der Waals surface area (Å²) in [5.74, 6) is 0. The molecule has 15 heavy (non-hydrogen) atoms. The predicted molar refractivity (Wildman–Crippen MR) is 59.6 cm³/mol. The minimum atomic E-state index is -1.04. The topological polar surface area (TPSA) is 50.1 Å². The van der Waals surface area contributed by atoms with Gasteiger partial charge in [0.1, 0.15) is 5.67 Å². The van der Waals surface area contributed by atoms with Crippen LogP contribution in [0.4, 0.5) is 4.39 Å². The minimum absolute atomic E-state index is 0.0706. The Kier molecular flexibility index (Phi) is 3.59. The quantitative estimate of drug-likeness (QED) is 0.644. The molecule has 2 rings (SSSR count). The minimum Gasteiger partial charge on any atom is -0.328 e. The Balaban J connectivity index is 1.72. The first-order valence-corrected chi connectivity index (χ1v) is 6.07. The molecule has 1 aliphatic carbocycles. The van der Waals surface area contributed by atoms with Gasteiger partial charge in [0, 0.05) is 25.2 Å². The molecular formula is C11H22FN3. The first-order valence-electron chi connectivity index (χ1n) is 6.07. The van der Waals surface area contributed by atoms with Gasteiger partial charge in [-0.05, 0) is 38.6 Å². The van der Waals surface area contributed by atoms with Crippen LogP contribution in [0.25, 0.3) is 0 Å². The molecule has 2 fully saturated rings. The van der Waals surface area contributed by atoms with Gasteiger partial charge < -0.3 is 16.4 Å². The van der Waals surface area contributed by atoms with Crippen LogP contribution in [-0.4, -0.2) is 37.4 Å². The van der Waals surface area contributed by atoms with Crippen LogP contribution < -0.4 is 16.4 Å². The number of piperidine rings is 1. The summed E-state index contributed by atoms with van der Waals surface area (Å²) < 4.78 is 14.2. The van der Waals surface area contributed by atoms with Crippen LogP contribution in [0.3, 0.4) is 0 Å². The molecular weight excluding hydrogens is 193 g/mol. The highest BCUT2D eigenvalue weighted by Gasteiger charge is 2.38. The Bertz CT molecular complexity index is 206. The van der Waals surface area contributed by atoms with E-state index in [0.29, 0.717) is 25.4 Å². The molecule has 0 radical (unpaired) electrons. The fraction of sp³-hybridized carbons (Fsp3) is 1.00. The van der Waals surface area contributed by atoms with Crippen molar-refractivity contribution in [3.05, 3.63) is 0 Å². The molecule has 0 bridgehead atoms. The molecule has 1 saturated carbocycles. The molecule has 88 valence electrons. The standard InChI is InChI=1S/C11H22FN3/c12-11(4-3-9(13)6-11)8-15-10-2-1-5-14-7-10/h9-10,14-15H,1-8,13H2. The van der Waals surface area contributed by atoms with E-state index in [2.05, 4.69) is 10.6 Å². The molecule has 0 amide bonds. The van der Waals surface area contributed by atoms with E-state index >= 15 is 0 Å². The van der Waals surface area contributed by atoms with E-state index in [0.717, 1.165) is 25.9 Å². The van der Waals surface area contributed by atoms with Gasteiger partial charge in [-0.2, -0.15) is 0 Å². The van der Waals surface area contributed by atoms with Crippen LogP contribution in [0.1, 0.15) is 32.1 Å². The normalized spacial score (nSPS) is 42.0. The van der Waals surface area contributed by atoms with Gasteiger partial charge in [-0.25, -0.2) is 4.39 Å². The van der Waals surface area contributed by atoms with Crippen molar-refractivity contribution in [3.8, 4) is 0 Å². The summed E-state index contributed by atoms with van der Waals surface area (Å²) >= 11 is 0. The Hall–Kier alpha value is -0.190. The van der Waals surface area contributed by atoms with Gasteiger partial charge in [0.2, 0.25) is 0 Å². The van der Waals surface area contributed by atoms with Crippen molar-refractivity contribution in [1.82, 2.24) is 10.6 Å². The van der Waals surface area contributed by atoms with Crippen LogP contribution in [-0.2, 0) is 0 Å². The van der Waals surface area contributed by atoms with Crippen molar-refractivity contribution in [1.29, 1.82) is 0 Å². The first kappa shape index (κ1) is 11.3. The second-order valence-electron chi connectivity index (χ2n) is 5.08. The maximum Gasteiger partial charge on any atom is 0.125 e. The Labute approximate surface area is 91.0 Å². The highest BCUT2D eigenvalue weighted by Crippen LogP contribution is 2.32. The molecule has 0 aromatic heterocycles. The van der Waals surface area contributed by atoms with Crippen molar-refractivity contribution >= 4 is 0 Å². The van der Waals surface area contributed by atoms with E-state index in [1.54, 1.807) is 0 Å². The lowest BCUT2D eigenvalue weighted by Crippen LogP contribution is -2.47. The Morgan fingerprint density at radius 1 is 1.47 bits per heavy atom. The predicted octanol–water partition coefficient (Wildman–Crippen LogP) is 0.547. The Morgan fingerprint density at radius 3 is 2.93 bits per heavy atom. The number of halogens is 1. The zero-order valence-electron chi connectivity index (χ0n) is 9.27. The van der Waals surface area contributed by atoms with Gasteiger partial charge in [-0.15, -0.1) is 0 Å². The lowest BCUT2D eigenvalue weighted by Gasteiger charge is -2.28. The fourth-order valence-electron chi connectivity index (χ4n) is 2.63. The van der Waals surface area contributed by atoms with Crippen molar-refractivity contribution in [2.75, 3.05) is 19.6 Å². The molecule has 3 nitrogen and oxygen atoms in total. The molecule has 3 unspecified atom stereocenters. The van der Waals surface area contributed by atoms with Crippen molar-refractivity contribution in [2.24, 2.45) is 5.73 Å². The summed E-state index contributed by atoms with van der Waals surface area (Å²) in [5, 5.41) is 6.65. The van der Waals surface area contributed by atoms with E-state index in [9.17, 15) is 4.39 Å². The SMILES string of the molecule is NC1CCC(F)(CNC2CCCNC2)C1. The molecule has 0 aromatic rings. The summed E-state index contributed by atoms with van der Waals surface area (Å²) in [6.07, 6.45) is 4.34. The zero-order chi connectivity index (χ0) is 10.7. The third-order valence-corrected chi connectivity index (χ3v) is 3.60. The van der Waals surface area contributed by atoms with Crippen LogP contribution in [0.15, 0.2) is 0 Å². The second kappa shape index (κ2) is 4.76. The number of hydrogen-bond acceptors (Lipinski definition) is 3. The molecule has 1 aliphatic heterocycles. The van der Waals surface area contributed by atoms with Crippen molar-refractivity contribution < 1.29 is 4.39 Å². The fourth-order valence-corrected chi connectivity index (χ4v) is 2.63. The third-order valence-electron chi connectivity index (χ3n) is 3.60. The highest BCUT2D eigenvalue weighted by atomic mass is 19.1. The molecule has 0 spiro atoms. The highest BCUT2D eigenvalue weighted by molar-refractivity contribution is 4.94. The van der Waals surface area contributed by atoms with E-state index in [1.807, 2.05) is 0 Å². The van der Waals surface area contributed by atoms with E-state index in [1.165, 1.54) is 6.42 Å². The number of nitrogens with two attached hydrogens (primary N) is 1. The van der Waals surface area contributed by atoms with Gasteiger partial charge in [0.25, 0.3) is 0 Å². The molecule has 2 aliphatic rings. The maximum absolute atomic E-state index is 14.2. The smallest absolute Gasteiger partial charge is 0.125 e. The first-order chi connectivity index (χ1) is 7.18. The van der Waals surface area contributed by atoms with Crippen LogP contribution in [0, 0.1) is 0 Å². The van der Waals surface area contributed by atoms with Crippen molar-refractivity contribution in [2.45, 2.75) is 49.9 Å². The molecule has 1 saturated heterocycles. The largest absolute Gasteiger partial charge is 0.328 e. The lowest BCUT2D eigenvalue weighted by molar-refractivity contribution is 0.157. The van der Waals surface area contributed by atoms with Crippen LogP contribution in [0.2, 0.25) is 0 Å². The lowest BCUT2D eigenvalue weighted by atomic mass is 10.0.